The predicted octanol–water partition coefficient (Wildman–Crippen LogP) is 4.35. The largest absolute Gasteiger partial charge is 0.325 e. The highest BCUT2D eigenvalue weighted by Crippen LogP contribution is 2.72. The van der Waals surface area contributed by atoms with Crippen LogP contribution in [0, 0.1) is 16.2 Å². The zero-order chi connectivity index (χ0) is 17.0. The van der Waals surface area contributed by atoms with Crippen LogP contribution in [0.4, 0.5) is 5.69 Å². The summed E-state index contributed by atoms with van der Waals surface area (Å²) in [6.07, 6.45) is 2.39. The van der Waals surface area contributed by atoms with Crippen LogP contribution >= 0.6 is 15.9 Å². The molecule has 3 unspecified atom stereocenters. The highest BCUT2D eigenvalue weighted by molar-refractivity contribution is 9.10. The van der Waals surface area contributed by atoms with Gasteiger partial charge in [-0.3, -0.25) is 9.59 Å². The van der Waals surface area contributed by atoms with Crippen molar-refractivity contribution in [2.45, 2.75) is 51.8 Å². The summed E-state index contributed by atoms with van der Waals surface area (Å²) in [5.41, 5.74) is 0.503. The van der Waals surface area contributed by atoms with Gasteiger partial charge < -0.3 is 5.32 Å². The van der Waals surface area contributed by atoms with Crippen molar-refractivity contribution in [3.05, 3.63) is 29.8 Å². The Bertz CT molecular complexity index is 684. The molecule has 1 amide bonds. The van der Waals surface area contributed by atoms with E-state index in [2.05, 4.69) is 42.0 Å². The second kappa shape index (κ2) is 5.17. The Hall–Kier alpha value is -1.16. The van der Waals surface area contributed by atoms with Crippen LogP contribution in [0.15, 0.2) is 24.3 Å². The molecular weight excluding hydrogens is 354 g/mol. The van der Waals surface area contributed by atoms with Crippen molar-refractivity contribution in [1.29, 1.82) is 0 Å². The normalized spacial score (nSPS) is 34.7. The summed E-state index contributed by atoms with van der Waals surface area (Å²) in [4.78, 5) is 25.6. The average molecular weight is 378 g/mol. The molecule has 1 aromatic carbocycles. The molecule has 2 aliphatic carbocycles. The molecule has 0 heterocycles. The van der Waals surface area contributed by atoms with Gasteiger partial charge in [0.25, 0.3) is 0 Å². The highest BCUT2D eigenvalue weighted by Gasteiger charge is 2.76. The Labute approximate surface area is 146 Å². The second-order valence-electron chi connectivity index (χ2n) is 7.62. The number of benzene rings is 1. The number of fused-ring (bicyclic) bond motifs is 2. The van der Waals surface area contributed by atoms with Gasteiger partial charge in [0, 0.05) is 11.1 Å². The third-order valence-electron chi connectivity index (χ3n) is 6.77. The van der Waals surface area contributed by atoms with E-state index < -0.39 is 15.7 Å². The van der Waals surface area contributed by atoms with Crippen molar-refractivity contribution >= 4 is 33.3 Å². The number of carbonyl (C=O) groups excluding carboxylic acids is 2. The molecule has 0 saturated heterocycles. The van der Waals surface area contributed by atoms with E-state index in [-0.39, 0.29) is 17.1 Å². The van der Waals surface area contributed by atoms with Crippen molar-refractivity contribution in [3.63, 3.8) is 0 Å². The molecule has 2 aliphatic rings. The fraction of sp³-hybridized carbons (Fsp3) is 0.579. The van der Waals surface area contributed by atoms with E-state index in [1.165, 1.54) is 0 Å². The molecule has 4 heteroatoms. The van der Waals surface area contributed by atoms with Crippen LogP contribution in [0.5, 0.6) is 0 Å². The molecule has 2 fully saturated rings. The number of para-hydroxylation sites is 1. The van der Waals surface area contributed by atoms with Crippen molar-refractivity contribution in [1.82, 2.24) is 0 Å². The van der Waals surface area contributed by atoms with Gasteiger partial charge >= 0.3 is 0 Å². The van der Waals surface area contributed by atoms with Crippen LogP contribution in [-0.2, 0) is 16.0 Å². The van der Waals surface area contributed by atoms with Crippen molar-refractivity contribution in [2.24, 2.45) is 16.2 Å². The minimum Gasteiger partial charge on any atom is -0.325 e. The van der Waals surface area contributed by atoms with Crippen molar-refractivity contribution < 1.29 is 9.59 Å². The Morgan fingerprint density at radius 2 is 1.91 bits per heavy atom. The summed E-state index contributed by atoms with van der Waals surface area (Å²) in [6, 6.07) is 7.88. The lowest BCUT2D eigenvalue weighted by Crippen LogP contribution is -2.48. The molecule has 2 saturated carbocycles. The van der Waals surface area contributed by atoms with Crippen molar-refractivity contribution in [2.75, 3.05) is 5.32 Å². The number of halogens is 1. The first-order valence-corrected chi connectivity index (χ1v) is 9.21. The molecular formula is C19H24BrNO2. The Kier molecular flexibility index (Phi) is 3.75. The van der Waals surface area contributed by atoms with Crippen LogP contribution in [0.25, 0.3) is 0 Å². The number of Topliss-reactive ketones (excluding diaryl/α,β-unsaturated/α-hetero) is 1. The summed E-state index contributed by atoms with van der Waals surface area (Å²) in [6.45, 7) is 8.24. The first kappa shape index (κ1) is 16.7. The predicted molar refractivity (Wildman–Crippen MR) is 95.7 cm³/mol. The summed E-state index contributed by atoms with van der Waals surface area (Å²) < 4.78 is 0. The molecule has 124 valence electrons. The number of aryl methyl sites for hydroxylation is 1. The van der Waals surface area contributed by atoms with Gasteiger partial charge in [0.15, 0.2) is 5.78 Å². The maximum absolute atomic E-state index is 13.3. The molecule has 2 bridgehead atoms. The molecule has 0 spiro atoms. The first-order chi connectivity index (χ1) is 10.7. The number of carbonyl (C=O) groups is 2. The SMILES string of the molecule is CCc1ccccc1NC(=O)C12CCC(C)(C(=O)C1Br)C2(C)C. The molecule has 23 heavy (non-hydrogen) atoms. The van der Waals surface area contributed by atoms with Crippen LogP contribution in [-0.4, -0.2) is 16.5 Å². The van der Waals surface area contributed by atoms with E-state index >= 15 is 0 Å². The fourth-order valence-corrected chi connectivity index (χ4v) is 6.15. The van der Waals surface area contributed by atoms with Gasteiger partial charge in [0.05, 0.1) is 10.2 Å². The summed E-state index contributed by atoms with van der Waals surface area (Å²) in [5, 5.41) is 3.12. The van der Waals surface area contributed by atoms with E-state index in [0.717, 1.165) is 30.5 Å². The van der Waals surface area contributed by atoms with E-state index in [0.29, 0.717) is 0 Å². The van der Waals surface area contributed by atoms with Crippen molar-refractivity contribution in [3.8, 4) is 0 Å². The summed E-state index contributed by atoms with van der Waals surface area (Å²) in [5.74, 6) is 0.146. The highest BCUT2D eigenvalue weighted by atomic mass is 79.9. The molecule has 3 atom stereocenters. The van der Waals surface area contributed by atoms with Crippen LogP contribution < -0.4 is 5.32 Å². The number of hydrogen-bond donors (Lipinski definition) is 1. The number of hydrogen-bond acceptors (Lipinski definition) is 2. The maximum atomic E-state index is 13.3. The zero-order valence-electron chi connectivity index (χ0n) is 14.2. The number of anilines is 1. The van der Waals surface area contributed by atoms with Gasteiger partial charge in [-0.05, 0) is 36.3 Å². The lowest BCUT2D eigenvalue weighted by atomic mass is 9.64. The number of amides is 1. The number of nitrogens with one attached hydrogen (secondary N) is 1. The van der Waals surface area contributed by atoms with E-state index in [1.54, 1.807) is 0 Å². The zero-order valence-corrected chi connectivity index (χ0v) is 15.8. The molecule has 0 radical (unpaired) electrons. The third kappa shape index (κ3) is 1.87. The van der Waals surface area contributed by atoms with E-state index in [4.69, 9.17) is 0 Å². The van der Waals surface area contributed by atoms with E-state index in [1.807, 2.05) is 31.2 Å². The number of alkyl halides is 1. The Balaban J connectivity index is 2.00. The molecule has 1 N–H and O–H groups in total. The van der Waals surface area contributed by atoms with E-state index in [9.17, 15) is 9.59 Å². The van der Waals surface area contributed by atoms with Crippen LogP contribution in [0.1, 0.15) is 46.1 Å². The number of rotatable bonds is 3. The second-order valence-corrected chi connectivity index (χ2v) is 8.54. The van der Waals surface area contributed by atoms with Gasteiger partial charge in [-0.2, -0.15) is 0 Å². The third-order valence-corrected chi connectivity index (χ3v) is 7.97. The van der Waals surface area contributed by atoms with Gasteiger partial charge in [0.1, 0.15) is 0 Å². The quantitative estimate of drug-likeness (QED) is 0.795. The van der Waals surface area contributed by atoms with Gasteiger partial charge in [-0.15, -0.1) is 0 Å². The van der Waals surface area contributed by atoms with Crippen LogP contribution in [0.3, 0.4) is 0 Å². The lowest BCUT2D eigenvalue weighted by Gasteiger charge is -2.39. The number of ketones is 1. The molecule has 3 nitrogen and oxygen atoms in total. The van der Waals surface area contributed by atoms with Crippen LogP contribution in [0.2, 0.25) is 0 Å². The Morgan fingerprint density at radius 1 is 1.26 bits per heavy atom. The first-order valence-electron chi connectivity index (χ1n) is 8.30. The van der Waals surface area contributed by atoms with Gasteiger partial charge in [-0.25, -0.2) is 0 Å². The minimum atomic E-state index is -0.681. The summed E-state index contributed by atoms with van der Waals surface area (Å²) in [7, 11) is 0. The minimum absolute atomic E-state index is 0.0279. The molecule has 3 rings (SSSR count). The average Bonchev–Trinajstić information content (AvgIpc) is 2.80. The monoisotopic (exact) mass is 377 g/mol. The Morgan fingerprint density at radius 3 is 2.48 bits per heavy atom. The molecule has 0 aromatic heterocycles. The smallest absolute Gasteiger partial charge is 0.232 e. The topological polar surface area (TPSA) is 46.2 Å². The van der Waals surface area contributed by atoms with Gasteiger partial charge in [-0.1, -0.05) is 61.8 Å². The molecule has 1 aromatic rings. The maximum Gasteiger partial charge on any atom is 0.232 e. The van der Waals surface area contributed by atoms with Gasteiger partial charge in [0.2, 0.25) is 5.91 Å². The molecule has 0 aliphatic heterocycles. The fourth-order valence-electron chi connectivity index (χ4n) is 4.64. The standard InChI is InChI=1S/C19H24BrNO2/c1-5-12-8-6-7-9-13(12)21-16(23)19-11-10-18(4,17(19,2)3)15(22)14(19)20/h6-9,14H,5,10-11H2,1-4H3,(H,21,23). The lowest BCUT2D eigenvalue weighted by molar-refractivity contribution is -0.130. The summed E-state index contributed by atoms with van der Waals surface area (Å²) >= 11 is 3.57.